The maximum atomic E-state index is 11.4. The Morgan fingerprint density at radius 2 is 2.08 bits per heavy atom. The summed E-state index contributed by atoms with van der Waals surface area (Å²) in [5.41, 5.74) is 0.928. The number of aryl methyl sites for hydroxylation is 1. The highest BCUT2D eigenvalue weighted by Crippen LogP contribution is 2.22. The Morgan fingerprint density at radius 1 is 1.31 bits per heavy atom. The van der Waals surface area contributed by atoms with E-state index < -0.39 is 0 Å². The molecule has 0 radical (unpaired) electrons. The van der Waals surface area contributed by atoms with Gasteiger partial charge >= 0.3 is 0 Å². The summed E-state index contributed by atoms with van der Waals surface area (Å²) < 4.78 is 0. The smallest absolute Gasteiger partial charge is 0.257 e. The zero-order valence-corrected chi connectivity index (χ0v) is 7.85. The molecule has 1 N–H and O–H groups in total. The molecule has 0 saturated carbocycles. The van der Waals surface area contributed by atoms with Crippen LogP contribution in [-0.2, 0) is 0 Å². The molecule has 2 rings (SSSR count). The molecule has 1 aromatic carbocycles. The van der Waals surface area contributed by atoms with E-state index in [4.69, 9.17) is 11.6 Å². The van der Waals surface area contributed by atoms with Crippen molar-refractivity contribution in [1.29, 1.82) is 0 Å². The number of benzene rings is 1. The summed E-state index contributed by atoms with van der Waals surface area (Å²) in [4.78, 5) is 14.0. The zero-order chi connectivity index (χ0) is 9.42. The van der Waals surface area contributed by atoms with Gasteiger partial charge in [0, 0.05) is 6.20 Å². The lowest BCUT2D eigenvalue weighted by molar-refractivity contribution is 1.27. The van der Waals surface area contributed by atoms with Crippen LogP contribution in [0.3, 0.4) is 0 Å². The van der Waals surface area contributed by atoms with Gasteiger partial charge in [0.15, 0.2) is 0 Å². The summed E-state index contributed by atoms with van der Waals surface area (Å²) >= 11 is 5.91. The highest BCUT2D eigenvalue weighted by atomic mass is 35.5. The average molecular weight is 194 g/mol. The van der Waals surface area contributed by atoms with Crippen LogP contribution >= 0.6 is 11.6 Å². The third-order valence-electron chi connectivity index (χ3n) is 2.10. The van der Waals surface area contributed by atoms with E-state index in [0.717, 1.165) is 10.9 Å². The Kier molecular flexibility index (Phi) is 1.85. The summed E-state index contributed by atoms with van der Waals surface area (Å²) in [6.45, 7) is 1.96. The second-order valence-electron chi connectivity index (χ2n) is 2.96. The van der Waals surface area contributed by atoms with Crippen LogP contribution in [0.4, 0.5) is 0 Å². The molecule has 2 aromatic rings. The van der Waals surface area contributed by atoms with Crippen molar-refractivity contribution >= 4 is 22.4 Å². The minimum atomic E-state index is -0.133. The first-order chi connectivity index (χ1) is 6.20. The molecule has 1 heterocycles. The molecule has 0 saturated heterocycles. The standard InChI is InChI=1S/C10H8ClNO/c1-6-2-3-8(11)9-7(6)4-5-12-10(9)13/h2-5H,1H3,(H,12,13). The van der Waals surface area contributed by atoms with Gasteiger partial charge in [-0.3, -0.25) is 4.79 Å². The number of hydrogen-bond acceptors (Lipinski definition) is 1. The molecule has 13 heavy (non-hydrogen) atoms. The van der Waals surface area contributed by atoms with Crippen molar-refractivity contribution in [1.82, 2.24) is 4.98 Å². The third kappa shape index (κ3) is 1.23. The van der Waals surface area contributed by atoms with Gasteiger partial charge in [-0.1, -0.05) is 17.7 Å². The molecule has 1 aromatic heterocycles. The lowest BCUT2D eigenvalue weighted by Gasteiger charge is -2.01. The summed E-state index contributed by atoms with van der Waals surface area (Å²) in [6.07, 6.45) is 1.63. The first-order valence-electron chi connectivity index (χ1n) is 3.96. The van der Waals surface area contributed by atoms with E-state index in [1.54, 1.807) is 12.3 Å². The van der Waals surface area contributed by atoms with Crippen LogP contribution in [0.2, 0.25) is 5.02 Å². The van der Waals surface area contributed by atoms with Crippen LogP contribution in [0.25, 0.3) is 10.8 Å². The molecule has 0 amide bonds. The Morgan fingerprint density at radius 3 is 2.77 bits per heavy atom. The molecule has 0 aliphatic carbocycles. The van der Waals surface area contributed by atoms with Gasteiger partial charge in [-0.15, -0.1) is 0 Å². The molecule has 3 heteroatoms. The van der Waals surface area contributed by atoms with Crippen LogP contribution < -0.4 is 5.56 Å². The SMILES string of the molecule is Cc1ccc(Cl)c2c(=O)[nH]ccc12. The Hall–Kier alpha value is -1.28. The van der Waals surface area contributed by atoms with E-state index in [1.807, 2.05) is 19.1 Å². The number of halogens is 1. The molecule has 66 valence electrons. The predicted octanol–water partition coefficient (Wildman–Crippen LogP) is 2.49. The van der Waals surface area contributed by atoms with E-state index in [9.17, 15) is 4.79 Å². The van der Waals surface area contributed by atoms with Crippen molar-refractivity contribution in [3.8, 4) is 0 Å². The van der Waals surface area contributed by atoms with E-state index >= 15 is 0 Å². The summed E-state index contributed by atoms with van der Waals surface area (Å²) in [5, 5.41) is 1.99. The number of rotatable bonds is 0. The topological polar surface area (TPSA) is 32.9 Å². The molecule has 2 nitrogen and oxygen atoms in total. The Bertz CT molecular complexity index is 516. The van der Waals surface area contributed by atoms with Gasteiger partial charge in [0.05, 0.1) is 10.4 Å². The van der Waals surface area contributed by atoms with Crippen LogP contribution in [0.1, 0.15) is 5.56 Å². The molecule has 0 bridgehead atoms. The second kappa shape index (κ2) is 2.89. The lowest BCUT2D eigenvalue weighted by atomic mass is 10.1. The van der Waals surface area contributed by atoms with Gasteiger partial charge in [-0.2, -0.15) is 0 Å². The fraction of sp³-hybridized carbons (Fsp3) is 0.100. The van der Waals surface area contributed by atoms with Crippen molar-refractivity contribution < 1.29 is 0 Å². The number of H-pyrrole nitrogens is 1. The molecule has 0 atom stereocenters. The first-order valence-corrected chi connectivity index (χ1v) is 4.34. The fourth-order valence-electron chi connectivity index (χ4n) is 1.42. The minimum absolute atomic E-state index is 0.133. The Labute approximate surface area is 80.2 Å². The van der Waals surface area contributed by atoms with E-state index in [-0.39, 0.29) is 5.56 Å². The molecule has 0 aliphatic rings. The third-order valence-corrected chi connectivity index (χ3v) is 2.42. The molecular formula is C10H8ClNO. The Balaban J connectivity index is 3.09. The van der Waals surface area contributed by atoms with E-state index in [2.05, 4.69) is 4.98 Å². The first kappa shape index (κ1) is 8.32. The van der Waals surface area contributed by atoms with Crippen molar-refractivity contribution in [2.24, 2.45) is 0 Å². The number of hydrogen-bond donors (Lipinski definition) is 1. The largest absolute Gasteiger partial charge is 0.329 e. The van der Waals surface area contributed by atoms with Gasteiger partial charge in [0.1, 0.15) is 0 Å². The number of pyridine rings is 1. The van der Waals surface area contributed by atoms with Gasteiger partial charge in [-0.25, -0.2) is 0 Å². The van der Waals surface area contributed by atoms with E-state index in [1.165, 1.54) is 0 Å². The predicted molar refractivity (Wildman–Crippen MR) is 54.3 cm³/mol. The quantitative estimate of drug-likeness (QED) is 0.685. The van der Waals surface area contributed by atoms with Crippen LogP contribution in [-0.4, -0.2) is 4.98 Å². The van der Waals surface area contributed by atoms with Crippen molar-refractivity contribution in [2.45, 2.75) is 6.92 Å². The van der Waals surface area contributed by atoms with Crippen LogP contribution in [0.5, 0.6) is 0 Å². The average Bonchev–Trinajstić information content (AvgIpc) is 2.12. The van der Waals surface area contributed by atoms with Gasteiger partial charge in [0.25, 0.3) is 5.56 Å². The highest BCUT2D eigenvalue weighted by Gasteiger charge is 2.04. The maximum absolute atomic E-state index is 11.4. The summed E-state index contributed by atoms with van der Waals surface area (Å²) in [5.74, 6) is 0. The number of aromatic amines is 1. The zero-order valence-electron chi connectivity index (χ0n) is 7.10. The summed E-state index contributed by atoms with van der Waals surface area (Å²) in [7, 11) is 0. The van der Waals surface area contributed by atoms with Gasteiger partial charge in [0.2, 0.25) is 0 Å². The second-order valence-corrected chi connectivity index (χ2v) is 3.37. The number of fused-ring (bicyclic) bond motifs is 1. The number of aromatic nitrogens is 1. The lowest BCUT2D eigenvalue weighted by Crippen LogP contribution is -2.05. The fourth-order valence-corrected chi connectivity index (χ4v) is 1.67. The molecular weight excluding hydrogens is 186 g/mol. The normalized spacial score (nSPS) is 10.6. The minimum Gasteiger partial charge on any atom is -0.329 e. The molecule has 0 aliphatic heterocycles. The molecule has 0 unspecified atom stereocenters. The molecule has 0 fully saturated rings. The monoisotopic (exact) mass is 193 g/mol. The van der Waals surface area contributed by atoms with Crippen molar-refractivity contribution in [3.63, 3.8) is 0 Å². The maximum Gasteiger partial charge on any atom is 0.257 e. The number of nitrogens with one attached hydrogen (secondary N) is 1. The van der Waals surface area contributed by atoms with Crippen LogP contribution in [0.15, 0.2) is 29.2 Å². The summed E-state index contributed by atoms with van der Waals surface area (Å²) in [6, 6.07) is 5.51. The molecule has 0 spiro atoms. The van der Waals surface area contributed by atoms with Crippen molar-refractivity contribution in [3.05, 3.63) is 45.3 Å². The van der Waals surface area contributed by atoms with Crippen LogP contribution in [0, 0.1) is 6.92 Å². The van der Waals surface area contributed by atoms with E-state index in [0.29, 0.717) is 10.4 Å². The van der Waals surface area contributed by atoms with Gasteiger partial charge < -0.3 is 4.98 Å². The van der Waals surface area contributed by atoms with Gasteiger partial charge in [-0.05, 0) is 30.0 Å². The highest BCUT2D eigenvalue weighted by molar-refractivity contribution is 6.35. The van der Waals surface area contributed by atoms with Crippen molar-refractivity contribution in [2.75, 3.05) is 0 Å².